The molecule has 112 valence electrons. The highest BCUT2D eigenvalue weighted by Crippen LogP contribution is 2.21. The van der Waals surface area contributed by atoms with Crippen molar-refractivity contribution >= 4 is 17.8 Å². The van der Waals surface area contributed by atoms with Gasteiger partial charge in [0.1, 0.15) is 6.54 Å². The Morgan fingerprint density at radius 1 is 1.48 bits per heavy atom. The Labute approximate surface area is 122 Å². The van der Waals surface area contributed by atoms with E-state index in [0.717, 1.165) is 10.6 Å². The summed E-state index contributed by atoms with van der Waals surface area (Å²) in [4.78, 5) is 41.5. The van der Waals surface area contributed by atoms with Crippen LogP contribution in [0.1, 0.15) is 12.1 Å². The van der Waals surface area contributed by atoms with Crippen LogP contribution in [0.2, 0.25) is 0 Å². The van der Waals surface area contributed by atoms with Crippen LogP contribution in [-0.2, 0) is 20.9 Å². The summed E-state index contributed by atoms with van der Waals surface area (Å²) in [5, 5.41) is 8.69. The minimum absolute atomic E-state index is 0.109. The zero-order valence-corrected chi connectivity index (χ0v) is 11.7. The Balaban J connectivity index is 1.96. The predicted molar refractivity (Wildman–Crippen MR) is 73.0 cm³/mol. The van der Waals surface area contributed by atoms with Crippen LogP contribution < -0.4 is 0 Å². The van der Waals surface area contributed by atoms with Crippen molar-refractivity contribution in [1.29, 1.82) is 0 Å². The van der Waals surface area contributed by atoms with E-state index in [1.165, 1.54) is 7.05 Å². The summed E-state index contributed by atoms with van der Waals surface area (Å²) in [6, 6.07) is 5.45. The van der Waals surface area contributed by atoms with Crippen LogP contribution in [0.5, 0.6) is 0 Å². The zero-order chi connectivity index (χ0) is 15.4. The van der Waals surface area contributed by atoms with E-state index < -0.39 is 11.9 Å². The van der Waals surface area contributed by atoms with Gasteiger partial charge in [-0.15, -0.1) is 0 Å². The van der Waals surface area contributed by atoms with E-state index >= 15 is 0 Å². The third-order valence-corrected chi connectivity index (χ3v) is 3.39. The van der Waals surface area contributed by atoms with Crippen molar-refractivity contribution < 1.29 is 19.5 Å². The summed E-state index contributed by atoms with van der Waals surface area (Å²) < 4.78 is 0. The number of nitrogens with zero attached hydrogens (tertiary/aromatic N) is 3. The molecule has 0 radical (unpaired) electrons. The lowest BCUT2D eigenvalue weighted by molar-refractivity contribution is -0.145. The van der Waals surface area contributed by atoms with Gasteiger partial charge in [0.15, 0.2) is 0 Å². The first-order valence-electron chi connectivity index (χ1n) is 6.62. The molecule has 0 spiro atoms. The SMILES string of the molecule is CN(CC(=O)O)C(=O)C1CC(=O)N(Cc2ccccn2)C1. The molecule has 7 nitrogen and oxygen atoms in total. The second-order valence-electron chi connectivity index (χ2n) is 5.08. The molecule has 1 aromatic rings. The molecule has 1 fully saturated rings. The lowest BCUT2D eigenvalue weighted by Crippen LogP contribution is -2.37. The molecule has 21 heavy (non-hydrogen) atoms. The van der Waals surface area contributed by atoms with Crippen LogP contribution in [0.4, 0.5) is 0 Å². The number of aliphatic carboxylic acids is 1. The van der Waals surface area contributed by atoms with Gasteiger partial charge >= 0.3 is 5.97 Å². The number of carbonyl (C=O) groups is 3. The molecular formula is C14H17N3O4. The highest BCUT2D eigenvalue weighted by Gasteiger charge is 2.36. The van der Waals surface area contributed by atoms with E-state index in [9.17, 15) is 14.4 Å². The molecule has 2 rings (SSSR count). The Morgan fingerprint density at radius 2 is 2.24 bits per heavy atom. The van der Waals surface area contributed by atoms with Gasteiger partial charge in [-0.05, 0) is 12.1 Å². The maximum Gasteiger partial charge on any atom is 0.323 e. The number of likely N-dealkylation sites (tertiary alicyclic amines) is 1. The van der Waals surface area contributed by atoms with Crippen LogP contribution in [0.25, 0.3) is 0 Å². The Bertz CT molecular complexity index is 546. The quantitative estimate of drug-likeness (QED) is 0.823. The van der Waals surface area contributed by atoms with Crippen molar-refractivity contribution in [3.63, 3.8) is 0 Å². The number of carboxylic acids is 1. The molecule has 1 aliphatic rings. The molecule has 7 heteroatoms. The number of likely N-dealkylation sites (N-methyl/N-ethyl adjacent to an activating group) is 1. The van der Waals surface area contributed by atoms with E-state index in [1.54, 1.807) is 17.2 Å². The summed E-state index contributed by atoms with van der Waals surface area (Å²) in [5.74, 6) is -1.97. The fourth-order valence-corrected chi connectivity index (χ4v) is 2.37. The van der Waals surface area contributed by atoms with Crippen LogP contribution in [0, 0.1) is 5.92 Å². The lowest BCUT2D eigenvalue weighted by Gasteiger charge is -2.19. The van der Waals surface area contributed by atoms with Crippen LogP contribution in [-0.4, -0.2) is 57.8 Å². The van der Waals surface area contributed by atoms with Crippen molar-refractivity contribution in [2.45, 2.75) is 13.0 Å². The summed E-state index contributed by atoms with van der Waals surface area (Å²) >= 11 is 0. The monoisotopic (exact) mass is 291 g/mol. The van der Waals surface area contributed by atoms with E-state index in [2.05, 4.69) is 4.98 Å². The maximum absolute atomic E-state index is 12.1. The summed E-state index contributed by atoms with van der Waals surface area (Å²) in [6.07, 6.45) is 1.77. The maximum atomic E-state index is 12.1. The van der Waals surface area contributed by atoms with Gasteiger partial charge in [-0.25, -0.2) is 0 Å². The van der Waals surface area contributed by atoms with Crippen LogP contribution in [0.15, 0.2) is 24.4 Å². The van der Waals surface area contributed by atoms with Gasteiger partial charge in [0, 0.05) is 26.2 Å². The average molecular weight is 291 g/mol. The molecule has 0 aromatic carbocycles. The van der Waals surface area contributed by atoms with Crippen molar-refractivity contribution in [2.24, 2.45) is 5.92 Å². The molecule has 1 aliphatic heterocycles. The predicted octanol–water partition coefficient (Wildman–Crippen LogP) is -0.0269. The third kappa shape index (κ3) is 3.77. The average Bonchev–Trinajstić information content (AvgIpc) is 2.79. The van der Waals surface area contributed by atoms with Gasteiger partial charge in [0.2, 0.25) is 11.8 Å². The zero-order valence-electron chi connectivity index (χ0n) is 11.7. The van der Waals surface area contributed by atoms with E-state index in [0.29, 0.717) is 13.1 Å². The normalized spacial score (nSPS) is 17.9. The molecule has 2 heterocycles. The molecule has 0 saturated carbocycles. The molecule has 0 bridgehead atoms. The fraction of sp³-hybridized carbons (Fsp3) is 0.429. The van der Waals surface area contributed by atoms with Crippen molar-refractivity contribution in [3.05, 3.63) is 30.1 Å². The molecular weight excluding hydrogens is 274 g/mol. The Kier molecular flexibility index (Phi) is 4.52. The largest absolute Gasteiger partial charge is 0.480 e. The first kappa shape index (κ1) is 15.0. The number of hydrogen-bond donors (Lipinski definition) is 1. The van der Waals surface area contributed by atoms with Crippen molar-refractivity contribution in [1.82, 2.24) is 14.8 Å². The van der Waals surface area contributed by atoms with Crippen LogP contribution in [0.3, 0.4) is 0 Å². The molecule has 1 unspecified atom stereocenters. The van der Waals surface area contributed by atoms with Gasteiger partial charge in [0.25, 0.3) is 0 Å². The summed E-state index contributed by atoms with van der Waals surface area (Å²) in [7, 11) is 1.43. The summed E-state index contributed by atoms with van der Waals surface area (Å²) in [5.41, 5.74) is 0.762. The molecule has 1 saturated heterocycles. The standard InChI is InChI=1S/C14H17N3O4/c1-16(9-13(19)20)14(21)10-6-12(18)17(7-10)8-11-4-2-3-5-15-11/h2-5,10H,6-9H2,1H3,(H,19,20). The lowest BCUT2D eigenvalue weighted by atomic mass is 10.1. The minimum Gasteiger partial charge on any atom is -0.480 e. The number of rotatable bonds is 5. The van der Waals surface area contributed by atoms with Gasteiger partial charge in [-0.2, -0.15) is 0 Å². The highest BCUT2D eigenvalue weighted by molar-refractivity contribution is 5.90. The van der Waals surface area contributed by atoms with Gasteiger partial charge < -0.3 is 14.9 Å². The van der Waals surface area contributed by atoms with Crippen LogP contribution >= 0.6 is 0 Å². The number of carbonyl (C=O) groups excluding carboxylic acids is 2. The van der Waals surface area contributed by atoms with Gasteiger partial charge in [-0.1, -0.05) is 6.07 Å². The van der Waals surface area contributed by atoms with E-state index in [4.69, 9.17) is 5.11 Å². The Hall–Kier alpha value is -2.44. The van der Waals surface area contributed by atoms with E-state index in [1.807, 2.05) is 12.1 Å². The molecule has 0 aliphatic carbocycles. The fourth-order valence-electron chi connectivity index (χ4n) is 2.37. The van der Waals surface area contributed by atoms with Crippen molar-refractivity contribution in [3.8, 4) is 0 Å². The molecule has 2 amide bonds. The number of hydrogen-bond acceptors (Lipinski definition) is 4. The Morgan fingerprint density at radius 3 is 2.86 bits per heavy atom. The number of pyridine rings is 1. The molecule has 1 N–H and O–H groups in total. The minimum atomic E-state index is -1.07. The van der Waals surface area contributed by atoms with Gasteiger partial charge in [0.05, 0.1) is 18.2 Å². The third-order valence-electron chi connectivity index (χ3n) is 3.39. The topological polar surface area (TPSA) is 90.8 Å². The highest BCUT2D eigenvalue weighted by atomic mass is 16.4. The smallest absolute Gasteiger partial charge is 0.323 e. The number of amides is 2. The van der Waals surface area contributed by atoms with Gasteiger partial charge in [-0.3, -0.25) is 19.4 Å². The van der Waals surface area contributed by atoms with E-state index in [-0.39, 0.29) is 24.8 Å². The molecule has 1 atom stereocenters. The number of aromatic nitrogens is 1. The number of carboxylic acid groups (broad SMARTS) is 1. The first-order valence-corrected chi connectivity index (χ1v) is 6.62. The van der Waals surface area contributed by atoms with Crippen molar-refractivity contribution in [2.75, 3.05) is 20.1 Å². The second-order valence-corrected chi connectivity index (χ2v) is 5.08. The molecule has 1 aromatic heterocycles. The first-order chi connectivity index (χ1) is 9.97. The summed E-state index contributed by atoms with van der Waals surface area (Å²) in [6.45, 7) is 0.314. The second kappa shape index (κ2) is 6.34.